The molecule has 0 saturated heterocycles. The lowest BCUT2D eigenvalue weighted by atomic mass is 9.97. The van der Waals surface area contributed by atoms with Crippen molar-refractivity contribution in [3.63, 3.8) is 0 Å². The number of nitrogens with zero attached hydrogens (tertiary/aromatic N) is 3. The minimum atomic E-state index is -0.741. The van der Waals surface area contributed by atoms with Crippen LogP contribution in [0.5, 0.6) is 5.75 Å². The number of hydrogen-bond acceptors (Lipinski definition) is 6. The molecule has 2 heterocycles. The van der Waals surface area contributed by atoms with E-state index in [0.29, 0.717) is 17.7 Å². The monoisotopic (exact) mass is 502 g/mol. The van der Waals surface area contributed by atoms with E-state index in [9.17, 15) is 9.59 Å². The van der Waals surface area contributed by atoms with Gasteiger partial charge in [-0.25, -0.2) is 10.4 Å². The van der Waals surface area contributed by atoms with Crippen molar-refractivity contribution in [2.75, 3.05) is 6.61 Å². The summed E-state index contributed by atoms with van der Waals surface area (Å²) in [7, 11) is 0. The van der Waals surface area contributed by atoms with Crippen molar-refractivity contribution in [3.8, 4) is 5.75 Å². The van der Waals surface area contributed by atoms with Gasteiger partial charge in [-0.2, -0.15) is 5.10 Å². The average molecular weight is 503 g/mol. The SMILES string of the molecule is CCOc1ccc(Br)cc1/C=N/NC(=O)C(C)n1cnc2sc3c(c2c1=O)CCCC3. The first-order chi connectivity index (χ1) is 15.0. The second kappa shape index (κ2) is 9.32. The van der Waals surface area contributed by atoms with Crippen molar-refractivity contribution in [1.29, 1.82) is 0 Å². The number of hydrazone groups is 1. The largest absolute Gasteiger partial charge is 0.493 e. The quantitative estimate of drug-likeness (QED) is 0.404. The average Bonchev–Trinajstić information content (AvgIpc) is 3.15. The van der Waals surface area contributed by atoms with Crippen LogP contribution in [0.15, 0.2) is 38.9 Å². The standard InChI is InChI=1S/C22H23BrN4O3S/c1-3-30-17-9-8-15(23)10-14(17)11-25-26-20(28)13(2)27-12-24-21-19(22(27)29)16-6-4-5-7-18(16)31-21/h8-13H,3-7H2,1-2H3,(H,26,28)/b25-11+. The Labute approximate surface area is 192 Å². The molecule has 1 unspecified atom stereocenters. The number of hydrogen-bond donors (Lipinski definition) is 1. The maximum atomic E-state index is 13.1. The van der Waals surface area contributed by atoms with Gasteiger partial charge >= 0.3 is 0 Å². The Kier molecular flexibility index (Phi) is 6.52. The predicted octanol–water partition coefficient (Wildman–Crippen LogP) is 4.21. The van der Waals surface area contributed by atoms with Crippen LogP contribution in [-0.2, 0) is 17.6 Å². The maximum Gasteiger partial charge on any atom is 0.263 e. The van der Waals surface area contributed by atoms with Gasteiger partial charge in [0, 0.05) is 14.9 Å². The van der Waals surface area contributed by atoms with Gasteiger partial charge in [-0.15, -0.1) is 11.3 Å². The number of amides is 1. The van der Waals surface area contributed by atoms with Gasteiger partial charge < -0.3 is 4.74 Å². The number of aromatic nitrogens is 2. The highest BCUT2D eigenvalue weighted by atomic mass is 79.9. The Morgan fingerprint density at radius 1 is 1.42 bits per heavy atom. The second-order valence-electron chi connectivity index (χ2n) is 7.37. The molecule has 3 aromatic rings. The van der Waals surface area contributed by atoms with E-state index < -0.39 is 11.9 Å². The first-order valence-electron chi connectivity index (χ1n) is 10.3. The number of fused-ring (bicyclic) bond motifs is 3. The number of carbonyl (C=O) groups excluding carboxylic acids is 1. The molecule has 7 nitrogen and oxygen atoms in total. The van der Waals surface area contributed by atoms with Crippen molar-refractivity contribution in [2.45, 2.75) is 45.6 Å². The summed E-state index contributed by atoms with van der Waals surface area (Å²) in [5.41, 5.74) is 4.20. The molecule has 0 spiro atoms. The highest BCUT2D eigenvalue weighted by Crippen LogP contribution is 2.33. The van der Waals surface area contributed by atoms with Crippen molar-refractivity contribution in [3.05, 3.63) is 55.4 Å². The lowest BCUT2D eigenvalue weighted by Crippen LogP contribution is -2.34. The summed E-state index contributed by atoms with van der Waals surface area (Å²) >= 11 is 5.02. The van der Waals surface area contributed by atoms with Crippen molar-refractivity contribution >= 4 is 49.6 Å². The van der Waals surface area contributed by atoms with Gasteiger partial charge in [0.25, 0.3) is 11.5 Å². The van der Waals surface area contributed by atoms with Crippen LogP contribution in [0.2, 0.25) is 0 Å². The molecular formula is C22H23BrN4O3S. The summed E-state index contributed by atoms with van der Waals surface area (Å²) in [4.78, 5) is 32.3. The fraction of sp³-hybridized carbons (Fsp3) is 0.364. The van der Waals surface area contributed by atoms with Gasteiger partial charge in [0.1, 0.15) is 16.6 Å². The van der Waals surface area contributed by atoms with E-state index in [-0.39, 0.29) is 5.56 Å². The van der Waals surface area contributed by atoms with Gasteiger partial charge in [-0.3, -0.25) is 14.2 Å². The number of aryl methyl sites for hydroxylation is 2. The predicted molar refractivity (Wildman–Crippen MR) is 126 cm³/mol. The van der Waals surface area contributed by atoms with Crippen LogP contribution in [0.4, 0.5) is 0 Å². The van der Waals surface area contributed by atoms with Crippen molar-refractivity contribution < 1.29 is 9.53 Å². The first-order valence-corrected chi connectivity index (χ1v) is 11.9. The van der Waals surface area contributed by atoms with Crippen LogP contribution in [0.25, 0.3) is 10.2 Å². The molecule has 162 valence electrons. The molecular weight excluding hydrogens is 480 g/mol. The summed E-state index contributed by atoms with van der Waals surface area (Å²) in [6.45, 7) is 4.10. The Bertz CT molecular complexity index is 1220. The van der Waals surface area contributed by atoms with Crippen LogP contribution in [0, 0.1) is 0 Å². The molecule has 0 fully saturated rings. The highest BCUT2D eigenvalue weighted by molar-refractivity contribution is 9.10. The molecule has 1 aromatic carbocycles. The van der Waals surface area contributed by atoms with Gasteiger partial charge in [0.05, 0.1) is 24.5 Å². The normalized spacial score (nSPS) is 14.5. The molecule has 1 amide bonds. The number of carbonyl (C=O) groups is 1. The van der Waals surface area contributed by atoms with E-state index in [1.165, 1.54) is 22.0 Å². The van der Waals surface area contributed by atoms with Gasteiger partial charge in [-0.1, -0.05) is 15.9 Å². The van der Waals surface area contributed by atoms with Crippen LogP contribution < -0.4 is 15.7 Å². The van der Waals surface area contributed by atoms with Gasteiger partial charge in [-0.05, 0) is 63.3 Å². The molecule has 1 aliphatic rings. The lowest BCUT2D eigenvalue weighted by Gasteiger charge is -2.14. The molecule has 2 aromatic heterocycles. The summed E-state index contributed by atoms with van der Waals surface area (Å²) in [5, 5.41) is 4.73. The summed E-state index contributed by atoms with van der Waals surface area (Å²) in [6.07, 6.45) is 7.11. The molecule has 9 heteroatoms. The molecule has 4 rings (SSSR count). The Balaban J connectivity index is 1.54. The van der Waals surface area contributed by atoms with E-state index in [1.54, 1.807) is 18.3 Å². The number of nitrogens with one attached hydrogen (secondary N) is 1. The third kappa shape index (κ3) is 4.43. The lowest BCUT2D eigenvalue weighted by molar-refractivity contribution is -0.123. The van der Waals surface area contributed by atoms with E-state index in [2.05, 4.69) is 31.4 Å². The zero-order chi connectivity index (χ0) is 22.0. The van der Waals surface area contributed by atoms with Crippen LogP contribution >= 0.6 is 27.3 Å². The molecule has 1 aliphatic carbocycles. The molecule has 31 heavy (non-hydrogen) atoms. The summed E-state index contributed by atoms with van der Waals surface area (Å²) in [5.74, 6) is 0.279. The summed E-state index contributed by atoms with van der Waals surface area (Å²) in [6, 6.07) is 4.82. The number of rotatable bonds is 6. The molecule has 1 N–H and O–H groups in total. The van der Waals surface area contributed by atoms with Crippen molar-refractivity contribution in [1.82, 2.24) is 15.0 Å². The van der Waals surface area contributed by atoms with Crippen LogP contribution in [0.3, 0.4) is 0 Å². The zero-order valence-corrected chi connectivity index (χ0v) is 19.8. The topological polar surface area (TPSA) is 85.6 Å². The third-order valence-electron chi connectivity index (χ3n) is 5.35. The molecule has 0 radical (unpaired) electrons. The smallest absolute Gasteiger partial charge is 0.263 e. The number of thiophene rings is 1. The van der Waals surface area contributed by atoms with Crippen LogP contribution in [0.1, 0.15) is 48.7 Å². The maximum absolute atomic E-state index is 13.1. The minimum absolute atomic E-state index is 0.165. The number of ether oxygens (including phenoxy) is 1. The van der Waals surface area contributed by atoms with E-state index in [0.717, 1.165) is 46.1 Å². The summed E-state index contributed by atoms with van der Waals surface area (Å²) < 4.78 is 7.85. The van der Waals surface area contributed by atoms with Crippen LogP contribution in [-0.4, -0.2) is 28.3 Å². The number of benzene rings is 1. The van der Waals surface area contributed by atoms with Gasteiger partial charge in [0.2, 0.25) is 0 Å². The fourth-order valence-electron chi connectivity index (χ4n) is 3.73. The third-order valence-corrected chi connectivity index (χ3v) is 7.04. The number of halogens is 1. The molecule has 0 bridgehead atoms. The first kappa shape index (κ1) is 21.7. The highest BCUT2D eigenvalue weighted by Gasteiger charge is 2.23. The van der Waals surface area contributed by atoms with E-state index in [1.807, 2.05) is 25.1 Å². The van der Waals surface area contributed by atoms with E-state index in [4.69, 9.17) is 4.74 Å². The Morgan fingerprint density at radius 2 is 2.23 bits per heavy atom. The molecule has 0 aliphatic heterocycles. The fourth-order valence-corrected chi connectivity index (χ4v) is 5.33. The Morgan fingerprint density at radius 3 is 3.03 bits per heavy atom. The Hall–Kier alpha value is -2.52. The minimum Gasteiger partial charge on any atom is -0.493 e. The van der Waals surface area contributed by atoms with Crippen molar-refractivity contribution in [2.24, 2.45) is 5.10 Å². The zero-order valence-electron chi connectivity index (χ0n) is 17.4. The second-order valence-corrected chi connectivity index (χ2v) is 9.37. The molecule has 0 saturated carbocycles. The van der Waals surface area contributed by atoms with E-state index >= 15 is 0 Å². The molecule has 1 atom stereocenters. The van der Waals surface area contributed by atoms with Gasteiger partial charge in [0.15, 0.2) is 0 Å².